The van der Waals surface area contributed by atoms with Crippen molar-refractivity contribution in [3.8, 4) is 0 Å². The monoisotopic (exact) mass is 197 g/mol. The van der Waals surface area contributed by atoms with Crippen molar-refractivity contribution in [3.63, 3.8) is 0 Å². The average molecular weight is 197 g/mol. The molecule has 0 aliphatic rings. The Balaban J connectivity index is 0. The summed E-state index contributed by atoms with van der Waals surface area (Å²) in [7, 11) is 1.69. The van der Waals surface area contributed by atoms with Gasteiger partial charge < -0.3 is 10.3 Å². The largest absolute Gasteiger partial charge is 0.385 e. The maximum Gasteiger partial charge on any atom is 0.165 e. The first-order chi connectivity index (χ1) is 6.36. The molecule has 0 spiro atoms. The molecule has 1 aromatic heterocycles. The van der Waals surface area contributed by atoms with Gasteiger partial charge >= 0.3 is 0 Å². The molecule has 2 N–H and O–H groups in total. The fraction of sp³-hybridized carbons (Fsp3) is 0.400. The number of nitrogens with zero attached hydrogens (tertiary/aromatic N) is 1. The predicted molar refractivity (Wildman–Crippen MR) is 59.8 cm³/mol. The highest BCUT2D eigenvalue weighted by Gasteiger charge is 1.91. The lowest BCUT2D eigenvalue weighted by atomic mass is 10.3. The number of hydrogen-bond acceptors (Lipinski definition) is 3. The Morgan fingerprint density at radius 3 is 2.57 bits per heavy atom. The molecule has 0 saturated carbocycles. The molecule has 1 rings (SSSR count). The molecule has 0 saturated heterocycles. The number of aromatic amines is 1. The Morgan fingerprint density at radius 2 is 2.21 bits per heavy atom. The minimum atomic E-state index is 0. The molecule has 1 aromatic rings. The van der Waals surface area contributed by atoms with Crippen molar-refractivity contribution < 1.29 is 4.79 Å². The Bertz CT molecular complexity index is 252. The van der Waals surface area contributed by atoms with E-state index in [0.717, 1.165) is 12.0 Å². The van der Waals surface area contributed by atoms with E-state index in [4.69, 9.17) is 0 Å². The molecule has 0 bridgehead atoms. The Labute approximate surface area is 85.4 Å². The van der Waals surface area contributed by atoms with Gasteiger partial charge in [0.05, 0.1) is 23.9 Å². The summed E-state index contributed by atoms with van der Waals surface area (Å²) in [4.78, 5) is 16.9. The molecule has 1 heterocycles. The zero-order chi connectivity index (χ0) is 10.1. The van der Waals surface area contributed by atoms with Crippen molar-refractivity contribution in [1.82, 2.24) is 15.3 Å². The summed E-state index contributed by atoms with van der Waals surface area (Å²) in [6.45, 7) is 4.00. The smallest absolute Gasteiger partial charge is 0.165 e. The lowest BCUT2D eigenvalue weighted by molar-refractivity contribution is -0.105. The first kappa shape index (κ1) is 14.9. The second-order valence-electron chi connectivity index (χ2n) is 1.97. The van der Waals surface area contributed by atoms with Gasteiger partial charge in [-0.3, -0.25) is 4.79 Å². The van der Waals surface area contributed by atoms with Crippen molar-refractivity contribution in [3.05, 3.63) is 23.9 Å². The van der Waals surface area contributed by atoms with Crippen molar-refractivity contribution in [2.45, 2.75) is 21.3 Å². The fourth-order valence-electron chi connectivity index (χ4n) is 0.678. The minimum absolute atomic E-state index is 0. The molecular weight excluding hydrogens is 178 g/mol. The molecule has 0 fully saturated rings. The van der Waals surface area contributed by atoms with Crippen molar-refractivity contribution in [1.29, 1.82) is 0 Å². The van der Waals surface area contributed by atoms with Crippen LogP contribution in [0.2, 0.25) is 0 Å². The number of carbonyl (C=O) groups excluding carboxylic acids is 1. The van der Waals surface area contributed by atoms with E-state index in [1.165, 1.54) is 0 Å². The molecule has 0 amide bonds. The van der Waals surface area contributed by atoms with Crippen LogP contribution in [-0.2, 0) is 4.79 Å². The molecule has 0 aliphatic carbocycles. The molecule has 0 aromatic carbocycles. The lowest BCUT2D eigenvalue weighted by Gasteiger charge is -1.93. The van der Waals surface area contributed by atoms with Gasteiger partial charge in [0.15, 0.2) is 6.29 Å². The number of rotatable bonds is 3. The van der Waals surface area contributed by atoms with Crippen LogP contribution in [0.4, 0.5) is 0 Å². The number of aldehydes is 1. The third kappa shape index (κ3) is 5.13. The maximum absolute atomic E-state index is 10.3. The van der Waals surface area contributed by atoms with Gasteiger partial charge in [0, 0.05) is 7.05 Å². The van der Waals surface area contributed by atoms with E-state index < -0.39 is 0 Å². The standard InChI is InChI=1S/C7H9N3O.C2H6.CH4/c1-8-7(4-11)2-6-3-9-5-10-6;1-2;/h2-5,8H,1H3,(H,9,10);1-2H3;1H4/b7-2+;;. The van der Waals surface area contributed by atoms with E-state index in [2.05, 4.69) is 15.3 Å². The number of hydrogen-bond donors (Lipinski definition) is 2. The van der Waals surface area contributed by atoms with Crippen LogP contribution in [0.3, 0.4) is 0 Å². The third-order valence-corrected chi connectivity index (χ3v) is 1.25. The van der Waals surface area contributed by atoms with E-state index >= 15 is 0 Å². The average Bonchev–Trinajstić information content (AvgIpc) is 2.70. The van der Waals surface area contributed by atoms with Crippen molar-refractivity contribution in [2.24, 2.45) is 0 Å². The molecule has 0 aliphatic heterocycles. The highest BCUT2D eigenvalue weighted by Crippen LogP contribution is 1.96. The van der Waals surface area contributed by atoms with Crippen LogP contribution >= 0.6 is 0 Å². The SMILES string of the molecule is C.CC.CN/C(C=O)=C/c1cnc[nH]1. The maximum atomic E-state index is 10.3. The van der Waals surface area contributed by atoms with Crippen LogP contribution in [0.1, 0.15) is 27.0 Å². The van der Waals surface area contributed by atoms with Gasteiger partial charge in [0.2, 0.25) is 0 Å². The Morgan fingerprint density at radius 1 is 1.57 bits per heavy atom. The van der Waals surface area contributed by atoms with E-state index in [1.54, 1.807) is 25.6 Å². The highest BCUT2D eigenvalue weighted by molar-refractivity contribution is 5.79. The summed E-state index contributed by atoms with van der Waals surface area (Å²) in [6.07, 6.45) is 5.63. The first-order valence-corrected chi connectivity index (χ1v) is 4.20. The summed E-state index contributed by atoms with van der Waals surface area (Å²) >= 11 is 0. The van der Waals surface area contributed by atoms with Gasteiger partial charge in [-0.2, -0.15) is 0 Å². The second-order valence-corrected chi connectivity index (χ2v) is 1.97. The zero-order valence-electron chi connectivity index (χ0n) is 8.16. The molecule has 0 unspecified atom stereocenters. The van der Waals surface area contributed by atoms with E-state index in [1.807, 2.05) is 13.8 Å². The van der Waals surface area contributed by atoms with Gasteiger partial charge in [-0.05, 0) is 6.08 Å². The van der Waals surface area contributed by atoms with Crippen LogP contribution in [0.15, 0.2) is 18.2 Å². The Kier molecular flexibility index (Phi) is 10.1. The second kappa shape index (κ2) is 9.51. The van der Waals surface area contributed by atoms with Gasteiger partial charge in [-0.1, -0.05) is 21.3 Å². The summed E-state index contributed by atoms with van der Waals surface area (Å²) in [5.41, 5.74) is 1.33. The molecule has 80 valence electrons. The quantitative estimate of drug-likeness (QED) is 0.574. The van der Waals surface area contributed by atoms with Gasteiger partial charge in [0.25, 0.3) is 0 Å². The van der Waals surface area contributed by atoms with Gasteiger partial charge in [-0.25, -0.2) is 4.98 Å². The molecule has 4 nitrogen and oxygen atoms in total. The van der Waals surface area contributed by atoms with E-state index in [0.29, 0.717) is 5.70 Å². The van der Waals surface area contributed by atoms with E-state index in [9.17, 15) is 4.79 Å². The minimum Gasteiger partial charge on any atom is -0.385 e. The van der Waals surface area contributed by atoms with Crippen LogP contribution in [0.25, 0.3) is 6.08 Å². The normalized spacial score (nSPS) is 9.21. The van der Waals surface area contributed by atoms with E-state index in [-0.39, 0.29) is 7.43 Å². The van der Waals surface area contributed by atoms with Crippen molar-refractivity contribution in [2.75, 3.05) is 7.05 Å². The summed E-state index contributed by atoms with van der Waals surface area (Å²) in [6, 6.07) is 0. The van der Waals surface area contributed by atoms with Crippen LogP contribution in [-0.4, -0.2) is 23.3 Å². The number of carbonyl (C=O) groups is 1. The number of H-pyrrole nitrogens is 1. The third-order valence-electron chi connectivity index (χ3n) is 1.25. The topological polar surface area (TPSA) is 57.8 Å². The predicted octanol–water partition coefficient (Wildman–Crippen LogP) is 1.83. The number of nitrogens with one attached hydrogen (secondary N) is 2. The number of aromatic nitrogens is 2. The van der Waals surface area contributed by atoms with Crippen LogP contribution in [0, 0.1) is 0 Å². The van der Waals surface area contributed by atoms with Gasteiger partial charge in [-0.15, -0.1) is 0 Å². The highest BCUT2D eigenvalue weighted by atomic mass is 16.1. The van der Waals surface area contributed by atoms with Crippen LogP contribution < -0.4 is 5.32 Å². The number of likely N-dealkylation sites (N-methyl/N-ethyl adjacent to an activating group) is 1. The number of allylic oxidation sites excluding steroid dienone is 1. The summed E-state index contributed by atoms with van der Waals surface area (Å²) < 4.78 is 0. The zero-order valence-corrected chi connectivity index (χ0v) is 8.16. The number of imidazole rings is 1. The molecular formula is C10H19N3O. The molecule has 0 atom stereocenters. The van der Waals surface area contributed by atoms with Crippen LogP contribution in [0.5, 0.6) is 0 Å². The summed E-state index contributed by atoms with van der Waals surface area (Å²) in [5, 5.41) is 2.74. The first-order valence-electron chi connectivity index (χ1n) is 4.20. The molecule has 14 heavy (non-hydrogen) atoms. The summed E-state index contributed by atoms with van der Waals surface area (Å²) in [5.74, 6) is 0. The lowest BCUT2D eigenvalue weighted by Crippen LogP contribution is -2.05. The molecule has 4 heteroatoms. The van der Waals surface area contributed by atoms with Crippen molar-refractivity contribution >= 4 is 12.4 Å². The molecule has 0 radical (unpaired) electrons. The Hall–Kier alpha value is -1.58. The fourth-order valence-corrected chi connectivity index (χ4v) is 0.678. The van der Waals surface area contributed by atoms with Gasteiger partial charge in [0.1, 0.15) is 0 Å².